The number of nitrogens with one attached hydrogen (secondary N) is 1. The predicted molar refractivity (Wildman–Crippen MR) is 74.5 cm³/mol. The molecule has 0 atom stereocenters. The van der Waals surface area contributed by atoms with Crippen molar-refractivity contribution in [2.24, 2.45) is 0 Å². The van der Waals surface area contributed by atoms with E-state index in [0.29, 0.717) is 5.82 Å². The third-order valence-corrected chi connectivity index (χ3v) is 3.26. The molecule has 0 bridgehead atoms. The summed E-state index contributed by atoms with van der Waals surface area (Å²) in [6.45, 7) is 6.07. The SMILES string of the molecule is CC1=CCN(CCNc2ccc(C(=O)O)cn2)CC1. The van der Waals surface area contributed by atoms with E-state index in [1.807, 2.05) is 0 Å². The van der Waals surface area contributed by atoms with Crippen LogP contribution in [0.3, 0.4) is 0 Å². The smallest absolute Gasteiger partial charge is 0.337 e. The van der Waals surface area contributed by atoms with Gasteiger partial charge in [0.2, 0.25) is 0 Å². The second-order valence-electron chi connectivity index (χ2n) is 4.77. The van der Waals surface area contributed by atoms with Crippen molar-refractivity contribution in [3.05, 3.63) is 35.5 Å². The summed E-state index contributed by atoms with van der Waals surface area (Å²) in [5.74, 6) is -0.233. The van der Waals surface area contributed by atoms with Crippen LogP contribution in [0.25, 0.3) is 0 Å². The lowest BCUT2D eigenvalue weighted by molar-refractivity contribution is 0.0696. The zero-order valence-electron chi connectivity index (χ0n) is 11.1. The van der Waals surface area contributed by atoms with E-state index in [-0.39, 0.29) is 5.56 Å². The molecule has 2 rings (SSSR count). The van der Waals surface area contributed by atoms with Crippen molar-refractivity contribution < 1.29 is 9.90 Å². The first-order chi connectivity index (χ1) is 9.15. The summed E-state index contributed by atoms with van der Waals surface area (Å²) in [6, 6.07) is 3.26. The first-order valence-electron chi connectivity index (χ1n) is 6.46. The van der Waals surface area contributed by atoms with Crippen LogP contribution in [-0.4, -0.2) is 47.1 Å². The molecular formula is C14H19N3O2. The quantitative estimate of drug-likeness (QED) is 0.792. The molecule has 5 heteroatoms. The Morgan fingerprint density at radius 3 is 2.95 bits per heavy atom. The molecule has 1 aliphatic rings. The lowest BCUT2D eigenvalue weighted by Crippen LogP contribution is -2.32. The monoisotopic (exact) mass is 261 g/mol. The molecular weight excluding hydrogens is 242 g/mol. The molecule has 19 heavy (non-hydrogen) atoms. The molecule has 0 amide bonds. The van der Waals surface area contributed by atoms with Crippen LogP contribution < -0.4 is 5.32 Å². The summed E-state index contributed by atoms with van der Waals surface area (Å²) in [5, 5.41) is 12.0. The molecule has 0 saturated heterocycles. The van der Waals surface area contributed by atoms with Gasteiger partial charge in [0.15, 0.2) is 0 Å². The Morgan fingerprint density at radius 2 is 2.37 bits per heavy atom. The van der Waals surface area contributed by atoms with E-state index in [0.717, 1.165) is 32.6 Å². The number of anilines is 1. The molecule has 2 heterocycles. The highest BCUT2D eigenvalue weighted by atomic mass is 16.4. The Morgan fingerprint density at radius 1 is 1.53 bits per heavy atom. The Kier molecular flexibility index (Phi) is 4.52. The Hall–Kier alpha value is -1.88. The number of hydrogen-bond acceptors (Lipinski definition) is 4. The Balaban J connectivity index is 1.75. The largest absolute Gasteiger partial charge is 0.478 e. The van der Waals surface area contributed by atoms with E-state index >= 15 is 0 Å². The van der Waals surface area contributed by atoms with Crippen LogP contribution in [0, 0.1) is 0 Å². The molecule has 1 aromatic heterocycles. The second kappa shape index (κ2) is 6.33. The maximum Gasteiger partial charge on any atom is 0.337 e. The van der Waals surface area contributed by atoms with Gasteiger partial charge in [0, 0.05) is 32.4 Å². The summed E-state index contributed by atoms with van der Waals surface area (Å²) < 4.78 is 0. The molecule has 0 saturated carbocycles. The van der Waals surface area contributed by atoms with E-state index < -0.39 is 5.97 Å². The number of aromatic carboxylic acids is 1. The summed E-state index contributed by atoms with van der Waals surface area (Å²) in [4.78, 5) is 17.1. The van der Waals surface area contributed by atoms with Gasteiger partial charge < -0.3 is 10.4 Å². The molecule has 0 aromatic carbocycles. The zero-order chi connectivity index (χ0) is 13.7. The first kappa shape index (κ1) is 13.5. The minimum Gasteiger partial charge on any atom is -0.478 e. The number of rotatable bonds is 5. The summed E-state index contributed by atoms with van der Waals surface area (Å²) in [5.41, 5.74) is 1.68. The summed E-state index contributed by atoms with van der Waals surface area (Å²) in [6.07, 6.45) is 4.78. The number of hydrogen-bond donors (Lipinski definition) is 2. The number of carbonyl (C=O) groups is 1. The highest BCUT2D eigenvalue weighted by Gasteiger charge is 2.08. The molecule has 0 fully saturated rings. The van der Waals surface area contributed by atoms with E-state index in [1.54, 1.807) is 12.1 Å². The average molecular weight is 261 g/mol. The van der Waals surface area contributed by atoms with Crippen molar-refractivity contribution >= 4 is 11.8 Å². The van der Waals surface area contributed by atoms with E-state index in [1.165, 1.54) is 11.8 Å². The van der Waals surface area contributed by atoms with E-state index in [4.69, 9.17) is 5.11 Å². The van der Waals surface area contributed by atoms with Crippen LogP contribution in [0.5, 0.6) is 0 Å². The van der Waals surface area contributed by atoms with Crippen molar-refractivity contribution in [2.45, 2.75) is 13.3 Å². The van der Waals surface area contributed by atoms with Crippen molar-refractivity contribution in [3.8, 4) is 0 Å². The van der Waals surface area contributed by atoms with Gasteiger partial charge in [-0.25, -0.2) is 9.78 Å². The fraction of sp³-hybridized carbons (Fsp3) is 0.429. The van der Waals surface area contributed by atoms with Gasteiger partial charge in [0.25, 0.3) is 0 Å². The molecule has 0 aliphatic carbocycles. The molecule has 102 valence electrons. The minimum absolute atomic E-state index is 0.210. The summed E-state index contributed by atoms with van der Waals surface area (Å²) in [7, 11) is 0. The molecule has 2 N–H and O–H groups in total. The van der Waals surface area contributed by atoms with Gasteiger partial charge in [-0.05, 0) is 25.5 Å². The molecule has 0 spiro atoms. The van der Waals surface area contributed by atoms with Crippen LogP contribution >= 0.6 is 0 Å². The lowest BCUT2D eigenvalue weighted by Gasteiger charge is -2.25. The van der Waals surface area contributed by atoms with Gasteiger partial charge in [-0.3, -0.25) is 4.90 Å². The van der Waals surface area contributed by atoms with Gasteiger partial charge in [-0.15, -0.1) is 0 Å². The van der Waals surface area contributed by atoms with Crippen molar-refractivity contribution in [3.63, 3.8) is 0 Å². The van der Waals surface area contributed by atoms with Crippen LogP contribution in [-0.2, 0) is 0 Å². The third-order valence-electron chi connectivity index (χ3n) is 3.26. The minimum atomic E-state index is -0.950. The fourth-order valence-corrected chi connectivity index (χ4v) is 1.98. The van der Waals surface area contributed by atoms with Gasteiger partial charge in [-0.2, -0.15) is 0 Å². The number of nitrogens with zero attached hydrogens (tertiary/aromatic N) is 2. The van der Waals surface area contributed by atoms with Crippen LogP contribution in [0.1, 0.15) is 23.7 Å². The molecule has 0 radical (unpaired) electrons. The third kappa shape index (κ3) is 4.06. The topological polar surface area (TPSA) is 65.5 Å². The van der Waals surface area contributed by atoms with E-state index in [2.05, 4.69) is 28.2 Å². The maximum absolute atomic E-state index is 10.7. The van der Waals surface area contributed by atoms with Gasteiger partial charge >= 0.3 is 5.97 Å². The number of aromatic nitrogens is 1. The van der Waals surface area contributed by atoms with Crippen molar-refractivity contribution in [1.29, 1.82) is 0 Å². The molecule has 1 aromatic rings. The van der Waals surface area contributed by atoms with E-state index in [9.17, 15) is 4.79 Å². The van der Waals surface area contributed by atoms with Crippen LogP contribution in [0.4, 0.5) is 5.82 Å². The predicted octanol–water partition coefficient (Wildman–Crippen LogP) is 1.84. The van der Waals surface area contributed by atoms with Gasteiger partial charge in [0.1, 0.15) is 5.82 Å². The van der Waals surface area contributed by atoms with Crippen LogP contribution in [0.15, 0.2) is 30.0 Å². The van der Waals surface area contributed by atoms with Crippen molar-refractivity contribution in [2.75, 3.05) is 31.5 Å². The Bertz CT molecular complexity index is 468. The summed E-state index contributed by atoms with van der Waals surface area (Å²) >= 11 is 0. The molecule has 5 nitrogen and oxygen atoms in total. The first-order valence-corrected chi connectivity index (χ1v) is 6.46. The molecule has 1 aliphatic heterocycles. The highest BCUT2D eigenvalue weighted by Crippen LogP contribution is 2.09. The number of carboxylic acid groups (broad SMARTS) is 1. The van der Waals surface area contributed by atoms with Crippen molar-refractivity contribution in [1.82, 2.24) is 9.88 Å². The normalized spacial score (nSPS) is 15.9. The fourth-order valence-electron chi connectivity index (χ4n) is 1.98. The average Bonchev–Trinajstić information content (AvgIpc) is 2.41. The highest BCUT2D eigenvalue weighted by molar-refractivity contribution is 5.87. The van der Waals surface area contributed by atoms with Gasteiger partial charge in [0.05, 0.1) is 5.56 Å². The Labute approximate surface area is 113 Å². The zero-order valence-corrected chi connectivity index (χ0v) is 11.1. The molecule has 0 unspecified atom stereocenters. The van der Waals surface area contributed by atoms with Gasteiger partial charge in [-0.1, -0.05) is 11.6 Å². The lowest BCUT2D eigenvalue weighted by atomic mass is 10.1. The maximum atomic E-state index is 10.7. The second-order valence-corrected chi connectivity index (χ2v) is 4.77. The standard InChI is InChI=1S/C14H19N3O2/c1-11-4-7-17(8-5-11)9-6-15-13-3-2-12(10-16-13)14(18)19/h2-4,10H,5-9H2,1H3,(H,15,16)(H,18,19). The number of carboxylic acids is 1. The number of pyridine rings is 1. The van der Waals surface area contributed by atoms with Crippen LogP contribution in [0.2, 0.25) is 0 Å².